The number of aliphatic hydroxyl groups excluding tert-OH is 1. The summed E-state index contributed by atoms with van der Waals surface area (Å²) >= 11 is 0. The molecule has 1 saturated carbocycles. The molecule has 1 aromatic carbocycles. The average molecular weight is 271 g/mol. The number of furan rings is 1. The van der Waals surface area contributed by atoms with Crippen molar-refractivity contribution >= 4 is 5.91 Å². The normalized spacial score (nSPS) is 16.4. The number of carbonyl (C=O) groups is 1. The molecule has 0 radical (unpaired) electrons. The van der Waals surface area contributed by atoms with E-state index in [4.69, 9.17) is 4.42 Å². The fourth-order valence-corrected chi connectivity index (χ4v) is 2.55. The monoisotopic (exact) mass is 271 g/mol. The highest BCUT2D eigenvalue weighted by molar-refractivity contribution is 5.98. The summed E-state index contributed by atoms with van der Waals surface area (Å²) in [5, 5.41) is 12.3. The molecule has 0 unspecified atom stereocenters. The minimum absolute atomic E-state index is 0.0277. The summed E-state index contributed by atoms with van der Waals surface area (Å²) in [7, 11) is 0. The molecule has 1 aliphatic rings. The lowest BCUT2D eigenvalue weighted by Crippen LogP contribution is -2.56. The van der Waals surface area contributed by atoms with Gasteiger partial charge in [-0.15, -0.1) is 0 Å². The van der Waals surface area contributed by atoms with Crippen LogP contribution < -0.4 is 5.32 Å². The molecule has 3 rings (SSSR count). The van der Waals surface area contributed by atoms with Gasteiger partial charge in [-0.05, 0) is 30.9 Å². The zero-order chi connectivity index (χ0) is 14.0. The number of carbonyl (C=O) groups excluding carboxylic acids is 1. The maximum Gasteiger partial charge on any atom is 0.288 e. The molecule has 1 aliphatic carbocycles. The largest absolute Gasteiger partial charge is 0.459 e. The maximum atomic E-state index is 12.4. The number of nitrogens with one attached hydrogen (secondary N) is 1. The van der Waals surface area contributed by atoms with Gasteiger partial charge in [0.25, 0.3) is 5.91 Å². The third kappa shape index (κ3) is 2.23. The van der Waals surface area contributed by atoms with Crippen LogP contribution in [0, 0.1) is 0 Å². The van der Waals surface area contributed by atoms with Gasteiger partial charge < -0.3 is 14.8 Å². The van der Waals surface area contributed by atoms with E-state index in [0.717, 1.165) is 30.4 Å². The zero-order valence-electron chi connectivity index (χ0n) is 11.1. The highest BCUT2D eigenvalue weighted by Crippen LogP contribution is 2.32. The first-order chi connectivity index (χ1) is 9.74. The lowest BCUT2D eigenvalue weighted by Gasteiger charge is -2.40. The summed E-state index contributed by atoms with van der Waals surface area (Å²) in [5.74, 6) is 0.0403. The molecule has 104 valence electrons. The van der Waals surface area contributed by atoms with E-state index in [2.05, 4.69) is 5.32 Å². The predicted molar refractivity (Wildman–Crippen MR) is 75.3 cm³/mol. The van der Waals surface area contributed by atoms with Gasteiger partial charge in [0, 0.05) is 5.56 Å². The number of hydrogen-bond acceptors (Lipinski definition) is 3. The molecule has 20 heavy (non-hydrogen) atoms. The average Bonchev–Trinajstić information content (AvgIpc) is 2.93. The van der Waals surface area contributed by atoms with Crippen molar-refractivity contribution in [1.82, 2.24) is 5.32 Å². The molecular weight excluding hydrogens is 254 g/mol. The molecule has 0 spiro atoms. The van der Waals surface area contributed by atoms with Crippen molar-refractivity contribution in [2.45, 2.75) is 24.8 Å². The summed E-state index contributed by atoms with van der Waals surface area (Å²) in [6.45, 7) is -0.0277. The van der Waals surface area contributed by atoms with E-state index in [1.807, 2.05) is 30.3 Å². The fraction of sp³-hybridized carbons (Fsp3) is 0.312. The first kappa shape index (κ1) is 12.9. The van der Waals surface area contributed by atoms with E-state index < -0.39 is 5.54 Å². The van der Waals surface area contributed by atoms with Crippen LogP contribution in [-0.2, 0) is 0 Å². The molecule has 0 aliphatic heterocycles. The van der Waals surface area contributed by atoms with Gasteiger partial charge in [-0.25, -0.2) is 0 Å². The molecule has 0 saturated heterocycles. The van der Waals surface area contributed by atoms with Crippen molar-refractivity contribution in [2.24, 2.45) is 0 Å². The first-order valence-corrected chi connectivity index (χ1v) is 6.80. The van der Waals surface area contributed by atoms with Gasteiger partial charge in [-0.1, -0.05) is 30.3 Å². The van der Waals surface area contributed by atoms with E-state index in [1.165, 1.54) is 6.26 Å². The highest BCUT2D eigenvalue weighted by atomic mass is 16.3. The Bertz CT molecular complexity index is 594. The van der Waals surface area contributed by atoms with Gasteiger partial charge in [0.05, 0.1) is 18.4 Å². The minimum atomic E-state index is -0.460. The Balaban J connectivity index is 1.85. The SMILES string of the molecule is O=C(NC1(CO)CCC1)c1occc1-c1ccccc1. The number of rotatable bonds is 4. The van der Waals surface area contributed by atoms with Crippen LogP contribution in [0.2, 0.25) is 0 Å². The van der Waals surface area contributed by atoms with Crippen LogP contribution in [0.5, 0.6) is 0 Å². The first-order valence-electron chi connectivity index (χ1n) is 6.80. The quantitative estimate of drug-likeness (QED) is 0.898. The van der Waals surface area contributed by atoms with Crippen LogP contribution in [0.1, 0.15) is 29.8 Å². The van der Waals surface area contributed by atoms with Crippen molar-refractivity contribution in [3.05, 3.63) is 48.4 Å². The summed E-state index contributed by atoms with van der Waals surface area (Å²) < 4.78 is 5.35. The molecule has 4 nitrogen and oxygen atoms in total. The fourth-order valence-electron chi connectivity index (χ4n) is 2.55. The van der Waals surface area contributed by atoms with Crippen LogP contribution in [-0.4, -0.2) is 23.2 Å². The highest BCUT2D eigenvalue weighted by Gasteiger charge is 2.38. The zero-order valence-corrected chi connectivity index (χ0v) is 11.1. The molecular formula is C16H17NO3. The third-order valence-corrected chi connectivity index (χ3v) is 3.95. The Kier molecular flexibility index (Phi) is 3.32. The Hall–Kier alpha value is -2.07. The second-order valence-electron chi connectivity index (χ2n) is 5.28. The van der Waals surface area contributed by atoms with Gasteiger partial charge >= 0.3 is 0 Å². The van der Waals surface area contributed by atoms with E-state index in [-0.39, 0.29) is 12.5 Å². The van der Waals surface area contributed by atoms with E-state index in [9.17, 15) is 9.90 Å². The lowest BCUT2D eigenvalue weighted by atomic mass is 9.77. The van der Waals surface area contributed by atoms with Crippen molar-refractivity contribution in [1.29, 1.82) is 0 Å². The molecule has 2 N–H and O–H groups in total. The molecule has 1 amide bonds. The Morgan fingerprint density at radius 3 is 2.60 bits per heavy atom. The topological polar surface area (TPSA) is 62.5 Å². The van der Waals surface area contributed by atoms with Gasteiger partial charge in [0.2, 0.25) is 0 Å². The molecule has 0 atom stereocenters. The third-order valence-electron chi connectivity index (χ3n) is 3.95. The smallest absolute Gasteiger partial charge is 0.288 e. The number of hydrogen-bond donors (Lipinski definition) is 2. The summed E-state index contributed by atoms with van der Waals surface area (Å²) in [6, 6.07) is 11.4. The van der Waals surface area contributed by atoms with Crippen molar-refractivity contribution in [3.63, 3.8) is 0 Å². The second-order valence-corrected chi connectivity index (χ2v) is 5.28. The lowest BCUT2D eigenvalue weighted by molar-refractivity contribution is 0.0620. The summed E-state index contributed by atoms with van der Waals surface area (Å²) in [6.07, 6.45) is 4.18. The number of benzene rings is 1. The molecule has 4 heteroatoms. The summed E-state index contributed by atoms with van der Waals surface area (Å²) in [4.78, 5) is 12.4. The predicted octanol–water partition coefficient (Wildman–Crippen LogP) is 2.59. The van der Waals surface area contributed by atoms with Crippen molar-refractivity contribution in [3.8, 4) is 11.1 Å². The van der Waals surface area contributed by atoms with Crippen molar-refractivity contribution in [2.75, 3.05) is 6.61 Å². The van der Waals surface area contributed by atoms with Gasteiger partial charge in [0.1, 0.15) is 0 Å². The van der Waals surface area contributed by atoms with Crippen LogP contribution in [0.15, 0.2) is 47.1 Å². The van der Waals surface area contributed by atoms with Gasteiger partial charge in [-0.3, -0.25) is 4.79 Å². The van der Waals surface area contributed by atoms with Gasteiger partial charge in [0.15, 0.2) is 5.76 Å². The maximum absolute atomic E-state index is 12.4. The minimum Gasteiger partial charge on any atom is -0.459 e. The second kappa shape index (κ2) is 5.13. The molecule has 2 aromatic rings. The van der Waals surface area contributed by atoms with Crippen LogP contribution >= 0.6 is 0 Å². The Labute approximate surface area is 117 Å². The summed E-state index contributed by atoms with van der Waals surface area (Å²) in [5.41, 5.74) is 1.26. The van der Waals surface area contributed by atoms with E-state index >= 15 is 0 Å². The molecule has 0 bridgehead atoms. The van der Waals surface area contributed by atoms with Crippen LogP contribution in [0.4, 0.5) is 0 Å². The number of amides is 1. The van der Waals surface area contributed by atoms with Crippen LogP contribution in [0.3, 0.4) is 0 Å². The number of aliphatic hydroxyl groups is 1. The molecule has 1 aromatic heterocycles. The molecule has 1 heterocycles. The Morgan fingerprint density at radius 2 is 2.00 bits per heavy atom. The molecule has 1 fully saturated rings. The van der Waals surface area contributed by atoms with E-state index in [0.29, 0.717) is 5.76 Å². The van der Waals surface area contributed by atoms with Crippen molar-refractivity contribution < 1.29 is 14.3 Å². The Morgan fingerprint density at radius 1 is 1.25 bits per heavy atom. The van der Waals surface area contributed by atoms with Gasteiger partial charge in [-0.2, -0.15) is 0 Å². The standard InChI is InChI=1S/C16H17NO3/c18-11-16(8-4-9-16)17-15(19)14-13(7-10-20-14)12-5-2-1-3-6-12/h1-3,5-7,10,18H,4,8-9,11H2,(H,17,19). The van der Waals surface area contributed by atoms with E-state index in [1.54, 1.807) is 6.07 Å². The van der Waals surface area contributed by atoms with Crippen LogP contribution in [0.25, 0.3) is 11.1 Å².